The van der Waals surface area contributed by atoms with Crippen molar-refractivity contribution in [2.24, 2.45) is 0 Å². The number of anilines is 2. The zero-order valence-corrected chi connectivity index (χ0v) is 21.4. The van der Waals surface area contributed by atoms with E-state index < -0.39 is 48.6 Å². The monoisotopic (exact) mass is 583 g/mol. The second kappa shape index (κ2) is 12.1. The number of hydrogen-bond donors (Lipinski definition) is 4. The van der Waals surface area contributed by atoms with E-state index in [1.165, 1.54) is 48.8 Å². The largest absolute Gasteiger partial charge is 0.453 e. The van der Waals surface area contributed by atoms with Gasteiger partial charge in [0.25, 0.3) is 11.5 Å². The molecule has 0 fully saturated rings. The molecule has 4 N–H and O–H groups in total. The standard InChI is InChI=1S/C27H21F4N7O4/c28-14-1-4-17(5-2-14)38-27(41)18(7-10-33-38)26(40)35-15-3-6-20(19(29)11-15)42-21-8-9-32-24-23(21)25(37-36-24)34-16(13-39)12-22(30)31/h1-11,16,22,39H,12-13H2,(H,35,40)(H2,32,34,36,37)/t16-/m1/s1. The van der Waals surface area contributed by atoms with Crippen molar-refractivity contribution in [3.63, 3.8) is 0 Å². The van der Waals surface area contributed by atoms with E-state index in [1.54, 1.807) is 0 Å². The number of amides is 1. The van der Waals surface area contributed by atoms with Crippen molar-refractivity contribution in [3.8, 4) is 17.2 Å². The smallest absolute Gasteiger partial charge is 0.284 e. The first-order chi connectivity index (χ1) is 20.2. The first-order valence-electron chi connectivity index (χ1n) is 12.3. The number of carbonyl (C=O) groups is 1. The number of aliphatic hydroxyl groups excluding tert-OH is 1. The first-order valence-corrected chi connectivity index (χ1v) is 12.3. The van der Waals surface area contributed by atoms with E-state index >= 15 is 4.39 Å². The molecule has 0 saturated heterocycles. The number of halogens is 4. The molecule has 0 radical (unpaired) electrons. The van der Waals surface area contributed by atoms with Crippen molar-refractivity contribution >= 4 is 28.4 Å². The molecule has 0 unspecified atom stereocenters. The second-order valence-corrected chi connectivity index (χ2v) is 8.90. The van der Waals surface area contributed by atoms with Crippen LogP contribution in [0.15, 0.2) is 71.8 Å². The number of fused-ring (bicyclic) bond motifs is 1. The van der Waals surface area contributed by atoms with Crippen LogP contribution in [0.5, 0.6) is 11.5 Å². The van der Waals surface area contributed by atoms with Crippen LogP contribution < -0.4 is 20.9 Å². The minimum absolute atomic E-state index is 0.0118. The van der Waals surface area contributed by atoms with Gasteiger partial charge in [-0.15, -0.1) is 0 Å². The zero-order valence-electron chi connectivity index (χ0n) is 21.4. The van der Waals surface area contributed by atoms with Crippen LogP contribution in [0, 0.1) is 11.6 Å². The van der Waals surface area contributed by atoms with Gasteiger partial charge in [0.05, 0.1) is 18.3 Å². The zero-order chi connectivity index (χ0) is 29.8. The third-order valence-corrected chi connectivity index (χ3v) is 6.02. The van der Waals surface area contributed by atoms with Crippen LogP contribution in [0.2, 0.25) is 0 Å². The maximum absolute atomic E-state index is 15.1. The molecule has 0 aliphatic heterocycles. The molecule has 0 aliphatic rings. The Bertz CT molecular complexity index is 1790. The molecule has 2 aromatic carbocycles. The minimum atomic E-state index is -2.67. The Hall–Kier alpha value is -5.31. The van der Waals surface area contributed by atoms with Gasteiger partial charge in [0.2, 0.25) is 6.43 Å². The quantitative estimate of drug-likeness (QED) is 0.179. The molecule has 216 valence electrons. The third kappa shape index (κ3) is 6.05. The predicted molar refractivity (Wildman–Crippen MR) is 143 cm³/mol. The summed E-state index contributed by atoms with van der Waals surface area (Å²) in [5.41, 5.74) is -0.590. The average Bonchev–Trinajstić information content (AvgIpc) is 3.38. The number of alkyl halides is 2. The molecule has 1 atom stereocenters. The Balaban J connectivity index is 1.35. The van der Waals surface area contributed by atoms with Gasteiger partial charge in [-0.1, -0.05) is 0 Å². The highest BCUT2D eigenvalue weighted by Gasteiger charge is 2.21. The van der Waals surface area contributed by atoms with Crippen molar-refractivity contribution in [1.29, 1.82) is 0 Å². The van der Waals surface area contributed by atoms with E-state index in [-0.39, 0.29) is 45.3 Å². The molecule has 0 spiro atoms. The van der Waals surface area contributed by atoms with Crippen molar-refractivity contribution < 1.29 is 32.2 Å². The topological polar surface area (TPSA) is 147 Å². The van der Waals surface area contributed by atoms with Crippen LogP contribution in [0.1, 0.15) is 16.8 Å². The van der Waals surface area contributed by atoms with Gasteiger partial charge in [-0.05, 0) is 42.5 Å². The van der Waals surface area contributed by atoms with Gasteiger partial charge in [-0.25, -0.2) is 22.5 Å². The lowest BCUT2D eigenvalue weighted by atomic mass is 10.2. The lowest BCUT2D eigenvalue weighted by Gasteiger charge is -2.16. The number of ether oxygens (including phenoxy) is 1. The van der Waals surface area contributed by atoms with Crippen molar-refractivity contribution in [1.82, 2.24) is 25.0 Å². The third-order valence-electron chi connectivity index (χ3n) is 6.02. The Kier molecular flexibility index (Phi) is 8.10. The molecule has 0 bridgehead atoms. The van der Waals surface area contributed by atoms with E-state index in [1.807, 2.05) is 0 Å². The molecule has 15 heteroatoms. The van der Waals surface area contributed by atoms with E-state index in [4.69, 9.17) is 4.74 Å². The van der Waals surface area contributed by atoms with E-state index in [9.17, 15) is 27.9 Å². The van der Waals surface area contributed by atoms with Gasteiger partial charge in [0.15, 0.2) is 23.0 Å². The summed E-state index contributed by atoms with van der Waals surface area (Å²) < 4.78 is 60.7. The minimum Gasteiger partial charge on any atom is -0.453 e. The summed E-state index contributed by atoms with van der Waals surface area (Å²) in [4.78, 5) is 29.8. The number of pyridine rings is 1. The number of nitrogens with zero attached hydrogens (tertiary/aromatic N) is 4. The van der Waals surface area contributed by atoms with Crippen molar-refractivity contribution in [2.75, 3.05) is 17.2 Å². The number of aromatic amines is 1. The van der Waals surface area contributed by atoms with Gasteiger partial charge < -0.3 is 20.5 Å². The number of carbonyl (C=O) groups excluding carboxylic acids is 1. The molecule has 3 aromatic heterocycles. The maximum Gasteiger partial charge on any atom is 0.284 e. The molecule has 0 saturated carbocycles. The number of benzene rings is 2. The number of hydrogen-bond acceptors (Lipinski definition) is 8. The van der Waals surface area contributed by atoms with Crippen molar-refractivity contribution in [3.05, 3.63) is 94.5 Å². The summed E-state index contributed by atoms with van der Waals surface area (Å²) in [6.07, 6.45) is -0.719. The summed E-state index contributed by atoms with van der Waals surface area (Å²) in [5.74, 6) is -2.31. The molecule has 5 rings (SSSR count). The average molecular weight is 584 g/mol. The number of aliphatic hydroxyl groups is 1. The molecule has 5 aromatic rings. The summed E-state index contributed by atoms with van der Waals surface area (Å²) in [7, 11) is 0. The van der Waals surface area contributed by atoms with Crippen LogP contribution in [-0.2, 0) is 0 Å². The fraction of sp³-hybridized carbons (Fsp3) is 0.148. The van der Waals surface area contributed by atoms with Gasteiger partial charge in [-0.3, -0.25) is 14.7 Å². The predicted octanol–water partition coefficient (Wildman–Crippen LogP) is 4.25. The Morgan fingerprint density at radius 2 is 1.83 bits per heavy atom. The first kappa shape index (κ1) is 28.2. The van der Waals surface area contributed by atoms with Crippen molar-refractivity contribution in [2.45, 2.75) is 18.9 Å². The number of rotatable bonds is 10. The van der Waals surface area contributed by atoms with Crippen LogP contribution in [0.4, 0.5) is 29.1 Å². The van der Waals surface area contributed by atoms with E-state index in [0.29, 0.717) is 0 Å². The van der Waals surface area contributed by atoms with E-state index in [0.717, 1.165) is 22.9 Å². The van der Waals surface area contributed by atoms with Crippen LogP contribution in [0.25, 0.3) is 16.7 Å². The Labute approximate surface area is 233 Å². The normalized spacial score (nSPS) is 12.0. The van der Waals surface area contributed by atoms with Crippen LogP contribution >= 0.6 is 0 Å². The second-order valence-electron chi connectivity index (χ2n) is 8.90. The highest BCUT2D eigenvalue weighted by molar-refractivity contribution is 6.04. The summed E-state index contributed by atoms with van der Waals surface area (Å²) in [6, 6.07) is 10.1. The van der Waals surface area contributed by atoms with E-state index in [2.05, 4.69) is 30.9 Å². The number of H-pyrrole nitrogens is 1. The SMILES string of the molecule is O=C(Nc1ccc(Oc2ccnc3[nH]nc(N[C@@H](CO)CC(F)F)c23)c(F)c1)c1ccnn(-c2ccc(F)cc2)c1=O. The van der Waals surface area contributed by atoms with Gasteiger partial charge >= 0.3 is 0 Å². The maximum atomic E-state index is 15.1. The molecule has 1 amide bonds. The molecular formula is C27H21F4N7O4. The molecule has 0 aliphatic carbocycles. The highest BCUT2D eigenvalue weighted by atomic mass is 19.3. The van der Waals surface area contributed by atoms with Crippen LogP contribution in [0.3, 0.4) is 0 Å². The van der Waals surface area contributed by atoms with Gasteiger partial charge in [-0.2, -0.15) is 14.9 Å². The molecular weight excluding hydrogens is 562 g/mol. The summed E-state index contributed by atoms with van der Waals surface area (Å²) in [5, 5.41) is 25.4. The Morgan fingerprint density at radius 3 is 2.55 bits per heavy atom. The van der Waals surface area contributed by atoms with Crippen LogP contribution in [-0.4, -0.2) is 55.0 Å². The lowest BCUT2D eigenvalue weighted by Crippen LogP contribution is -2.29. The summed E-state index contributed by atoms with van der Waals surface area (Å²) in [6.45, 7) is -0.587. The molecule has 11 nitrogen and oxygen atoms in total. The fourth-order valence-electron chi connectivity index (χ4n) is 4.03. The summed E-state index contributed by atoms with van der Waals surface area (Å²) >= 11 is 0. The number of aromatic nitrogens is 5. The molecule has 3 heterocycles. The highest BCUT2D eigenvalue weighted by Crippen LogP contribution is 2.35. The fourth-order valence-corrected chi connectivity index (χ4v) is 4.03. The molecule has 42 heavy (non-hydrogen) atoms. The van der Waals surface area contributed by atoms with Gasteiger partial charge in [0, 0.05) is 36.6 Å². The lowest BCUT2D eigenvalue weighted by molar-refractivity contribution is 0.102. The van der Waals surface area contributed by atoms with Gasteiger partial charge in [0.1, 0.15) is 22.5 Å². The Morgan fingerprint density at radius 1 is 1.05 bits per heavy atom. The number of nitrogens with one attached hydrogen (secondary N) is 3.